The van der Waals surface area contributed by atoms with Crippen LogP contribution in [0.15, 0.2) is 0 Å². The van der Waals surface area contributed by atoms with Crippen molar-refractivity contribution in [3.8, 4) is 0 Å². The highest BCUT2D eigenvalue weighted by atomic mass is 32.2. The van der Waals surface area contributed by atoms with Crippen LogP contribution in [0.4, 0.5) is 0 Å². The lowest BCUT2D eigenvalue weighted by Gasteiger charge is -1.94. The number of nitrogens with two attached hydrogens (primary N) is 1. The average Bonchev–Trinajstić information content (AvgIpc) is 2.40. The molecule has 2 N–H and O–H groups in total. The van der Waals surface area contributed by atoms with Gasteiger partial charge < -0.3 is 5.73 Å². The zero-order chi connectivity index (χ0) is 7.78. The highest BCUT2D eigenvalue weighted by Crippen LogP contribution is 2.31. The molecule has 4 heteroatoms. The van der Waals surface area contributed by atoms with Gasteiger partial charge in [-0.1, -0.05) is 0 Å². The summed E-state index contributed by atoms with van der Waals surface area (Å²) in [7, 11) is -2.76. The van der Waals surface area contributed by atoms with Crippen LogP contribution < -0.4 is 5.73 Å². The predicted octanol–water partition coefficient (Wildman–Crippen LogP) is -0.232. The first kappa shape index (κ1) is 8.01. The van der Waals surface area contributed by atoms with Crippen LogP contribution in [-0.4, -0.2) is 26.5 Å². The molecule has 0 aliphatic heterocycles. The first-order valence-electron chi connectivity index (χ1n) is 3.42. The molecule has 0 aromatic rings. The topological polar surface area (TPSA) is 60.2 Å². The van der Waals surface area contributed by atoms with Crippen LogP contribution in [0.3, 0.4) is 0 Å². The van der Waals surface area contributed by atoms with Gasteiger partial charge in [-0.15, -0.1) is 0 Å². The maximum atomic E-state index is 10.6. The molecule has 2 atom stereocenters. The van der Waals surface area contributed by atoms with Crippen molar-refractivity contribution in [3.63, 3.8) is 0 Å². The van der Waals surface area contributed by atoms with Gasteiger partial charge in [-0.3, -0.25) is 0 Å². The van der Waals surface area contributed by atoms with Crippen molar-refractivity contribution in [1.29, 1.82) is 0 Å². The van der Waals surface area contributed by atoms with Crippen LogP contribution in [0.25, 0.3) is 0 Å². The molecule has 0 aromatic carbocycles. The Morgan fingerprint density at radius 3 is 2.40 bits per heavy atom. The zero-order valence-corrected chi connectivity index (χ0v) is 6.89. The summed E-state index contributed by atoms with van der Waals surface area (Å²) < 4.78 is 21.3. The largest absolute Gasteiger partial charge is 0.327 e. The lowest BCUT2D eigenvalue weighted by Crippen LogP contribution is -2.07. The van der Waals surface area contributed by atoms with Gasteiger partial charge >= 0.3 is 0 Å². The predicted molar refractivity (Wildman–Crippen MR) is 40.4 cm³/mol. The molecule has 1 aliphatic rings. The molecule has 0 aromatic heterocycles. The fraction of sp³-hybridized carbons (Fsp3) is 1.00. The molecule has 0 heterocycles. The second-order valence-corrected chi connectivity index (χ2v) is 5.34. The molecule has 1 saturated carbocycles. The fourth-order valence-corrected chi connectivity index (χ4v) is 1.70. The van der Waals surface area contributed by atoms with Gasteiger partial charge in [-0.25, -0.2) is 8.42 Å². The molecule has 60 valence electrons. The summed E-state index contributed by atoms with van der Waals surface area (Å²) in [5, 5.41) is 0. The van der Waals surface area contributed by atoms with Crippen LogP contribution in [0.5, 0.6) is 0 Å². The van der Waals surface area contributed by atoms with Gasteiger partial charge in [0.25, 0.3) is 0 Å². The van der Waals surface area contributed by atoms with Crippen molar-refractivity contribution in [3.05, 3.63) is 0 Å². The third kappa shape index (κ3) is 2.66. The molecule has 0 amide bonds. The van der Waals surface area contributed by atoms with Crippen molar-refractivity contribution in [2.75, 3.05) is 12.0 Å². The lowest BCUT2D eigenvalue weighted by atomic mass is 10.3. The normalized spacial score (nSPS) is 32.2. The summed E-state index contributed by atoms with van der Waals surface area (Å²) in [5.74, 6) is 0.778. The number of hydrogen-bond donors (Lipinski definition) is 1. The van der Waals surface area contributed by atoms with Gasteiger partial charge in [0.05, 0.1) is 5.75 Å². The number of hydrogen-bond acceptors (Lipinski definition) is 3. The molecule has 1 rings (SSSR count). The number of rotatable bonds is 3. The monoisotopic (exact) mass is 163 g/mol. The lowest BCUT2D eigenvalue weighted by molar-refractivity contribution is 0.595. The van der Waals surface area contributed by atoms with Crippen LogP contribution in [0.1, 0.15) is 12.8 Å². The average molecular weight is 163 g/mol. The van der Waals surface area contributed by atoms with E-state index in [4.69, 9.17) is 5.73 Å². The molecule has 0 bridgehead atoms. The van der Waals surface area contributed by atoms with Crippen molar-refractivity contribution < 1.29 is 8.42 Å². The van der Waals surface area contributed by atoms with E-state index in [2.05, 4.69) is 0 Å². The Balaban J connectivity index is 2.18. The van der Waals surface area contributed by atoms with Crippen molar-refractivity contribution in [2.45, 2.75) is 18.9 Å². The van der Waals surface area contributed by atoms with E-state index in [-0.39, 0.29) is 6.04 Å². The molecule has 3 nitrogen and oxygen atoms in total. The van der Waals surface area contributed by atoms with Gasteiger partial charge in [0.2, 0.25) is 0 Å². The van der Waals surface area contributed by atoms with Gasteiger partial charge in [0.15, 0.2) is 0 Å². The molecule has 0 radical (unpaired) electrons. The quantitative estimate of drug-likeness (QED) is 0.625. The summed E-state index contributed by atoms with van der Waals surface area (Å²) in [6.07, 6.45) is 3.02. The van der Waals surface area contributed by atoms with Gasteiger partial charge in [-0.2, -0.15) is 0 Å². The Kier molecular flexibility index (Phi) is 2.01. The zero-order valence-electron chi connectivity index (χ0n) is 6.08. The van der Waals surface area contributed by atoms with Crippen LogP contribution in [0, 0.1) is 5.92 Å². The first-order chi connectivity index (χ1) is 4.49. The molecule has 0 spiro atoms. The Labute approximate surface area is 61.5 Å². The van der Waals surface area contributed by atoms with E-state index in [0.29, 0.717) is 11.7 Å². The van der Waals surface area contributed by atoms with E-state index in [1.54, 1.807) is 0 Å². The third-order valence-electron chi connectivity index (χ3n) is 1.84. The van der Waals surface area contributed by atoms with Gasteiger partial charge in [-0.05, 0) is 18.8 Å². The van der Waals surface area contributed by atoms with Crippen molar-refractivity contribution >= 4 is 9.84 Å². The highest BCUT2D eigenvalue weighted by molar-refractivity contribution is 7.90. The number of sulfone groups is 1. The summed E-state index contributed by atoms with van der Waals surface area (Å²) in [4.78, 5) is 0. The molecule has 0 saturated heterocycles. The highest BCUT2D eigenvalue weighted by Gasteiger charge is 2.33. The maximum absolute atomic E-state index is 10.6. The molecule has 1 aliphatic carbocycles. The van der Waals surface area contributed by atoms with E-state index in [1.165, 1.54) is 6.26 Å². The fourth-order valence-electron chi connectivity index (χ4n) is 0.968. The second-order valence-electron chi connectivity index (χ2n) is 3.08. The minimum Gasteiger partial charge on any atom is -0.327 e. The molecule has 2 unspecified atom stereocenters. The molecule has 1 fully saturated rings. The van der Waals surface area contributed by atoms with E-state index in [9.17, 15) is 8.42 Å². The van der Waals surface area contributed by atoms with Gasteiger partial charge in [0, 0.05) is 12.3 Å². The minimum atomic E-state index is -2.76. The van der Waals surface area contributed by atoms with E-state index in [1.807, 2.05) is 0 Å². The van der Waals surface area contributed by atoms with Crippen molar-refractivity contribution in [1.82, 2.24) is 0 Å². The van der Waals surface area contributed by atoms with E-state index < -0.39 is 9.84 Å². The summed E-state index contributed by atoms with van der Waals surface area (Å²) in [6.45, 7) is 0. The molecular weight excluding hydrogens is 150 g/mol. The van der Waals surface area contributed by atoms with Crippen LogP contribution >= 0.6 is 0 Å². The molecular formula is C6H13NO2S. The van der Waals surface area contributed by atoms with Crippen molar-refractivity contribution in [2.24, 2.45) is 11.7 Å². The second kappa shape index (κ2) is 2.51. The Morgan fingerprint density at radius 2 is 2.10 bits per heavy atom. The molecule has 10 heavy (non-hydrogen) atoms. The maximum Gasteiger partial charge on any atom is 0.147 e. The first-order valence-corrected chi connectivity index (χ1v) is 5.48. The third-order valence-corrected chi connectivity index (χ3v) is 2.81. The Bertz CT molecular complexity index is 210. The summed E-state index contributed by atoms with van der Waals surface area (Å²) in [6, 6.07) is 0.279. The smallest absolute Gasteiger partial charge is 0.147 e. The van der Waals surface area contributed by atoms with Gasteiger partial charge in [0.1, 0.15) is 9.84 Å². The van der Waals surface area contributed by atoms with E-state index in [0.717, 1.165) is 12.8 Å². The Morgan fingerprint density at radius 1 is 1.60 bits per heavy atom. The van der Waals surface area contributed by atoms with E-state index >= 15 is 0 Å². The standard InChI is InChI=1S/C6H13NO2S/c1-10(8,9)3-2-5-4-6(5)7/h5-6H,2-4,7H2,1H3. The SMILES string of the molecule is CS(=O)(=O)CCC1CC1N. The van der Waals surface area contributed by atoms with Crippen LogP contribution in [-0.2, 0) is 9.84 Å². The van der Waals surface area contributed by atoms with Crippen LogP contribution in [0.2, 0.25) is 0 Å². The summed E-state index contributed by atoms with van der Waals surface area (Å²) in [5.41, 5.74) is 5.50. The summed E-state index contributed by atoms with van der Waals surface area (Å²) >= 11 is 0. The Hall–Kier alpha value is -0.0900. The minimum absolute atomic E-state index is 0.279.